The predicted molar refractivity (Wildman–Crippen MR) is 83.9 cm³/mol. The standard InChI is InChI=1S/C13H15IN2O5/c1-8-12(14)13(17)16-5-10(21-7-19-3)9(20-6-18-2)4-11(16)15-8/h4-5H,6-7H2,1-3H3. The number of pyridine rings is 1. The lowest BCUT2D eigenvalue weighted by Gasteiger charge is -2.13. The summed E-state index contributed by atoms with van der Waals surface area (Å²) in [5, 5.41) is 0. The normalized spacial score (nSPS) is 10.9. The second kappa shape index (κ2) is 7.05. The van der Waals surface area contributed by atoms with Crippen LogP contribution >= 0.6 is 22.6 Å². The van der Waals surface area contributed by atoms with Crippen molar-refractivity contribution in [2.75, 3.05) is 27.8 Å². The molecule has 0 aliphatic heterocycles. The number of aryl methyl sites for hydroxylation is 1. The molecule has 114 valence electrons. The van der Waals surface area contributed by atoms with Crippen molar-refractivity contribution < 1.29 is 18.9 Å². The number of nitrogens with zero attached hydrogens (tertiary/aromatic N) is 2. The predicted octanol–water partition coefficient (Wildman–Crippen LogP) is 1.57. The quantitative estimate of drug-likeness (QED) is 0.536. The molecular formula is C13H15IN2O5. The van der Waals surface area contributed by atoms with Crippen LogP contribution in [-0.2, 0) is 9.47 Å². The first-order valence-electron chi connectivity index (χ1n) is 6.04. The average Bonchev–Trinajstić information content (AvgIpc) is 2.48. The molecule has 0 aliphatic rings. The van der Waals surface area contributed by atoms with E-state index in [1.165, 1.54) is 24.8 Å². The zero-order valence-electron chi connectivity index (χ0n) is 11.9. The van der Waals surface area contributed by atoms with Gasteiger partial charge < -0.3 is 18.9 Å². The van der Waals surface area contributed by atoms with Gasteiger partial charge in [-0.25, -0.2) is 4.98 Å². The summed E-state index contributed by atoms with van der Waals surface area (Å²) < 4.78 is 22.6. The lowest BCUT2D eigenvalue weighted by Crippen LogP contribution is -2.20. The summed E-state index contributed by atoms with van der Waals surface area (Å²) in [6, 6.07) is 1.63. The highest BCUT2D eigenvalue weighted by atomic mass is 127. The maximum absolute atomic E-state index is 12.3. The smallest absolute Gasteiger partial charge is 0.271 e. The number of rotatable bonds is 6. The third kappa shape index (κ3) is 3.44. The summed E-state index contributed by atoms with van der Waals surface area (Å²) in [5.41, 5.74) is 0.997. The fourth-order valence-electron chi connectivity index (χ4n) is 1.70. The van der Waals surface area contributed by atoms with E-state index in [-0.39, 0.29) is 19.1 Å². The summed E-state index contributed by atoms with van der Waals surface area (Å²) in [5.74, 6) is 0.811. The molecule has 0 saturated heterocycles. The molecule has 0 radical (unpaired) electrons. The SMILES string of the molecule is COCOc1cc2nc(C)c(I)c(=O)n2cc1OCOC. The molecule has 2 aromatic heterocycles. The van der Waals surface area contributed by atoms with E-state index in [1.807, 2.05) is 22.6 Å². The van der Waals surface area contributed by atoms with Crippen molar-refractivity contribution in [3.05, 3.63) is 31.9 Å². The van der Waals surface area contributed by atoms with Gasteiger partial charge in [-0.15, -0.1) is 0 Å². The molecule has 0 bridgehead atoms. The van der Waals surface area contributed by atoms with Crippen molar-refractivity contribution in [3.63, 3.8) is 0 Å². The number of aromatic nitrogens is 2. The maximum atomic E-state index is 12.3. The Morgan fingerprint density at radius 1 is 1.19 bits per heavy atom. The van der Waals surface area contributed by atoms with Crippen LogP contribution in [0.25, 0.3) is 5.65 Å². The van der Waals surface area contributed by atoms with Gasteiger partial charge in [0.1, 0.15) is 9.22 Å². The lowest BCUT2D eigenvalue weighted by molar-refractivity contribution is 0.0320. The number of fused-ring (bicyclic) bond motifs is 1. The van der Waals surface area contributed by atoms with Crippen LogP contribution in [0.15, 0.2) is 17.1 Å². The Morgan fingerprint density at radius 2 is 1.81 bits per heavy atom. The van der Waals surface area contributed by atoms with Crippen molar-refractivity contribution in [1.82, 2.24) is 9.38 Å². The molecule has 2 heterocycles. The summed E-state index contributed by atoms with van der Waals surface area (Å²) in [6.45, 7) is 1.89. The molecule has 0 spiro atoms. The monoisotopic (exact) mass is 406 g/mol. The van der Waals surface area contributed by atoms with E-state index in [9.17, 15) is 4.79 Å². The van der Waals surface area contributed by atoms with Crippen LogP contribution in [0.4, 0.5) is 0 Å². The van der Waals surface area contributed by atoms with E-state index < -0.39 is 0 Å². The fourth-order valence-corrected chi connectivity index (χ4v) is 2.08. The van der Waals surface area contributed by atoms with Crippen molar-refractivity contribution in [3.8, 4) is 11.5 Å². The van der Waals surface area contributed by atoms with Crippen LogP contribution in [0.5, 0.6) is 11.5 Å². The first-order valence-corrected chi connectivity index (χ1v) is 7.12. The number of hydrogen-bond donors (Lipinski definition) is 0. The molecule has 0 unspecified atom stereocenters. The van der Waals surface area contributed by atoms with Gasteiger partial charge in [-0.3, -0.25) is 9.20 Å². The van der Waals surface area contributed by atoms with Crippen LogP contribution in [0.1, 0.15) is 5.69 Å². The van der Waals surface area contributed by atoms with E-state index >= 15 is 0 Å². The summed E-state index contributed by atoms with van der Waals surface area (Å²) in [7, 11) is 3.03. The third-order valence-electron chi connectivity index (χ3n) is 2.67. The van der Waals surface area contributed by atoms with Gasteiger partial charge >= 0.3 is 0 Å². The number of ether oxygens (including phenoxy) is 4. The summed E-state index contributed by atoms with van der Waals surface area (Å²) in [4.78, 5) is 16.6. The highest BCUT2D eigenvalue weighted by Gasteiger charge is 2.13. The van der Waals surface area contributed by atoms with Gasteiger partial charge in [-0.1, -0.05) is 0 Å². The second-order valence-corrected chi connectivity index (χ2v) is 5.23. The van der Waals surface area contributed by atoms with Crippen molar-refractivity contribution in [1.29, 1.82) is 0 Å². The van der Waals surface area contributed by atoms with Crippen LogP contribution in [0, 0.1) is 10.5 Å². The highest BCUT2D eigenvalue weighted by molar-refractivity contribution is 14.1. The van der Waals surface area contributed by atoms with E-state index in [2.05, 4.69) is 4.98 Å². The first kappa shape index (κ1) is 16.0. The molecule has 21 heavy (non-hydrogen) atoms. The molecule has 0 fully saturated rings. The molecule has 0 aliphatic carbocycles. The van der Waals surface area contributed by atoms with E-state index in [1.54, 1.807) is 13.0 Å². The molecule has 2 rings (SSSR count). The molecule has 8 heteroatoms. The number of methoxy groups -OCH3 is 2. The Labute approximate surface area is 134 Å². The van der Waals surface area contributed by atoms with Gasteiger partial charge in [0.2, 0.25) is 0 Å². The maximum Gasteiger partial charge on any atom is 0.271 e. The highest BCUT2D eigenvalue weighted by Crippen LogP contribution is 2.28. The van der Waals surface area contributed by atoms with Crippen LogP contribution < -0.4 is 15.0 Å². The molecular weight excluding hydrogens is 391 g/mol. The van der Waals surface area contributed by atoms with Crippen molar-refractivity contribution in [2.45, 2.75) is 6.92 Å². The first-order chi connectivity index (χ1) is 10.1. The Morgan fingerprint density at radius 3 is 2.43 bits per heavy atom. The van der Waals surface area contributed by atoms with Gasteiger partial charge in [-0.2, -0.15) is 0 Å². The van der Waals surface area contributed by atoms with Gasteiger partial charge in [0.05, 0.1) is 11.9 Å². The molecule has 0 amide bonds. The molecule has 2 aromatic rings. The third-order valence-corrected chi connectivity index (χ3v) is 3.91. The van der Waals surface area contributed by atoms with Gasteiger partial charge in [0.15, 0.2) is 25.1 Å². The lowest BCUT2D eigenvalue weighted by atomic mass is 10.3. The van der Waals surface area contributed by atoms with Crippen LogP contribution in [0.3, 0.4) is 0 Å². The largest absolute Gasteiger partial charge is 0.463 e. The minimum atomic E-state index is -0.154. The Balaban J connectivity index is 2.58. The van der Waals surface area contributed by atoms with Crippen molar-refractivity contribution >= 4 is 28.2 Å². The number of halogens is 1. The van der Waals surface area contributed by atoms with Crippen LogP contribution in [0.2, 0.25) is 0 Å². The topological polar surface area (TPSA) is 71.3 Å². The summed E-state index contributed by atoms with van der Waals surface area (Å²) >= 11 is 1.98. The van der Waals surface area contributed by atoms with Gasteiger partial charge in [0.25, 0.3) is 5.56 Å². The fraction of sp³-hybridized carbons (Fsp3) is 0.385. The van der Waals surface area contributed by atoms with E-state index in [0.717, 1.165) is 0 Å². The molecule has 0 N–H and O–H groups in total. The van der Waals surface area contributed by atoms with E-state index in [4.69, 9.17) is 18.9 Å². The zero-order valence-corrected chi connectivity index (χ0v) is 14.0. The summed E-state index contributed by atoms with van der Waals surface area (Å²) in [6.07, 6.45) is 1.54. The second-order valence-electron chi connectivity index (χ2n) is 4.15. The van der Waals surface area contributed by atoms with Crippen molar-refractivity contribution in [2.24, 2.45) is 0 Å². The molecule has 0 aromatic carbocycles. The zero-order chi connectivity index (χ0) is 15.4. The van der Waals surface area contributed by atoms with Crippen LogP contribution in [-0.4, -0.2) is 37.2 Å². The average molecular weight is 406 g/mol. The van der Waals surface area contributed by atoms with Gasteiger partial charge in [-0.05, 0) is 29.5 Å². The molecule has 0 atom stereocenters. The molecule has 7 nitrogen and oxygen atoms in total. The van der Waals surface area contributed by atoms with Gasteiger partial charge in [0, 0.05) is 20.3 Å². The molecule has 0 saturated carbocycles. The minimum absolute atomic E-state index is 0.0416. The Kier molecular flexibility index (Phi) is 5.37. The number of hydrogen-bond acceptors (Lipinski definition) is 6. The minimum Gasteiger partial charge on any atom is -0.463 e. The Hall–Kier alpha value is -1.39. The van der Waals surface area contributed by atoms with E-state index in [0.29, 0.717) is 26.4 Å². The Bertz CT molecular complexity index is 701.